The summed E-state index contributed by atoms with van der Waals surface area (Å²) in [6, 6.07) is 3.61. The van der Waals surface area contributed by atoms with E-state index in [9.17, 15) is 13.2 Å². The largest absolute Gasteiger partial charge is 0.401 e. The third-order valence-corrected chi connectivity index (χ3v) is 3.45. The number of aryl methyl sites for hydroxylation is 1. The topological polar surface area (TPSA) is 39.6 Å². The highest BCUT2D eigenvalue weighted by Crippen LogP contribution is 2.20. The van der Waals surface area contributed by atoms with Crippen molar-refractivity contribution in [3.63, 3.8) is 0 Å². The Morgan fingerprint density at radius 2 is 1.85 bits per heavy atom. The van der Waals surface area contributed by atoms with Crippen LogP contribution in [0.1, 0.15) is 11.3 Å². The molecule has 0 atom stereocenters. The fraction of sp³-hybridized carbons (Fsp3) is 0.615. The summed E-state index contributed by atoms with van der Waals surface area (Å²) in [5, 5.41) is 9.10. The number of rotatable bonds is 3. The van der Waals surface area contributed by atoms with Crippen LogP contribution in [-0.2, 0) is 6.61 Å². The smallest absolute Gasteiger partial charge is 0.392 e. The molecule has 0 bridgehead atoms. The molecule has 0 aromatic carbocycles. The van der Waals surface area contributed by atoms with E-state index in [1.807, 2.05) is 11.8 Å². The molecule has 1 aliphatic heterocycles. The Balaban J connectivity index is 1.95. The zero-order valence-corrected chi connectivity index (χ0v) is 11.3. The van der Waals surface area contributed by atoms with Crippen LogP contribution in [0.5, 0.6) is 0 Å². The average Bonchev–Trinajstić information content (AvgIpc) is 2.37. The summed E-state index contributed by atoms with van der Waals surface area (Å²) >= 11 is 0. The van der Waals surface area contributed by atoms with Crippen LogP contribution in [-0.4, -0.2) is 53.9 Å². The van der Waals surface area contributed by atoms with E-state index in [1.165, 1.54) is 4.90 Å². The summed E-state index contributed by atoms with van der Waals surface area (Å²) < 4.78 is 36.9. The number of anilines is 1. The molecule has 20 heavy (non-hydrogen) atoms. The standard InChI is InChI=1S/C13H18F3N3O/c1-10-11(8-20)2-3-12(17-10)19-6-4-18(5-7-19)9-13(14,15)16/h2-3,20H,4-9H2,1H3. The number of nitrogens with zero attached hydrogens (tertiary/aromatic N) is 3. The lowest BCUT2D eigenvalue weighted by molar-refractivity contribution is -0.146. The summed E-state index contributed by atoms with van der Waals surface area (Å²) in [5.74, 6) is 0.756. The maximum absolute atomic E-state index is 12.3. The molecule has 1 saturated heterocycles. The molecule has 0 aliphatic carbocycles. The molecule has 112 valence electrons. The molecule has 4 nitrogen and oxygen atoms in total. The van der Waals surface area contributed by atoms with E-state index in [4.69, 9.17) is 5.11 Å². The fourth-order valence-corrected chi connectivity index (χ4v) is 2.31. The van der Waals surface area contributed by atoms with Crippen molar-refractivity contribution < 1.29 is 18.3 Å². The second-order valence-corrected chi connectivity index (χ2v) is 4.95. The molecule has 1 aromatic rings. The monoisotopic (exact) mass is 289 g/mol. The van der Waals surface area contributed by atoms with E-state index in [0.29, 0.717) is 26.2 Å². The van der Waals surface area contributed by atoms with Gasteiger partial charge in [-0.2, -0.15) is 13.2 Å². The molecule has 1 aromatic heterocycles. The molecule has 2 heterocycles. The third kappa shape index (κ3) is 3.83. The second-order valence-electron chi connectivity index (χ2n) is 4.95. The number of aromatic nitrogens is 1. The number of alkyl halides is 3. The SMILES string of the molecule is Cc1nc(N2CCN(CC(F)(F)F)CC2)ccc1CO. The Kier molecular flexibility index (Phi) is 4.49. The van der Waals surface area contributed by atoms with Crippen LogP contribution in [0.3, 0.4) is 0 Å². The van der Waals surface area contributed by atoms with Crippen molar-refractivity contribution in [2.24, 2.45) is 0 Å². The van der Waals surface area contributed by atoms with Gasteiger partial charge in [-0.05, 0) is 18.6 Å². The maximum Gasteiger partial charge on any atom is 0.401 e. The number of piperazine rings is 1. The van der Waals surface area contributed by atoms with Crippen molar-refractivity contribution in [2.45, 2.75) is 19.7 Å². The Bertz CT molecular complexity index is 457. The van der Waals surface area contributed by atoms with Gasteiger partial charge in [-0.15, -0.1) is 0 Å². The number of aliphatic hydroxyl groups excluding tert-OH is 1. The van der Waals surface area contributed by atoms with Crippen LogP contribution in [0, 0.1) is 6.92 Å². The lowest BCUT2D eigenvalue weighted by Crippen LogP contribution is -2.49. The van der Waals surface area contributed by atoms with Gasteiger partial charge in [0.2, 0.25) is 0 Å². The molecule has 0 unspecified atom stereocenters. The molecule has 1 N–H and O–H groups in total. The predicted molar refractivity (Wildman–Crippen MR) is 69.6 cm³/mol. The number of hydrogen-bond donors (Lipinski definition) is 1. The predicted octanol–water partition coefficient (Wildman–Crippen LogP) is 1.57. The summed E-state index contributed by atoms with van der Waals surface area (Å²) in [5.41, 5.74) is 1.52. The van der Waals surface area contributed by atoms with E-state index in [1.54, 1.807) is 12.1 Å². The summed E-state index contributed by atoms with van der Waals surface area (Å²) in [7, 11) is 0. The van der Waals surface area contributed by atoms with Gasteiger partial charge in [0.25, 0.3) is 0 Å². The van der Waals surface area contributed by atoms with Crippen LogP contribution >= 0.6 is 0 Å². The molecule has 0 saturated carbocycles. The first-order valence-corrected chi connectivity index (χ1v) is 6.50. The van der Waals surface area contributed by atoms with Crippen molar-refractivity contribution in [1.29, 1.82) is 0 Å². The van der Waals surface area contributed by atoms with Gasteiger partial charge in [0.05, 0.1) is 13.2 Å². The second kappa shape index (κ2) is 5.97. The quantitative estimate of drug-likeness (QED) is 0.917. The van der Waals surface area contributed by atoms with Crippen molar-refractivity contribution in [2.75, 3.05) is 37.6 Å². The number of aliphatic hydroxyl groups is 1. The van der Waals surface area contributed by atoms with Crippen molar-refractivity contribution >= 4 is 5.82 Å². The van der Waals surface area contributed by atoms with Gasteiger partial charge in [0.15, 0.2) is 0 Å². The van der Waals surface area contributed by atoms with Gasteiger partial charge < -0.3 is 10.0 Å². The van der Waals surface area contributed by atoms with Gasteiger partial charge in [0, 0.05) is 31.9 Å². The normalized spacial score (nSPS) is 17.6. The first-order valence-electron chi connectivity index (χ1n) is 6.50. The Morgan fingerprint density at radius 1 is 1.20 bits per heavy atom. The van der Waals surface area contributed by atoms with Crippen molar-refractivity contribution in [3.05, 3.63) is 23.4 Å². The van der Waals surface area contributed by atoms with Gasteiger partial charge in [-0.25, -0.2) is 4.98 Å². The summed E-state index contributed by atoms with van der Waals surface area (Å²) in [6.07, 6.45) is -4.14. The minimum Gasteiger partial charge on any atom is -0.392 e. The van der Waals surface area contributed by atoms with E-state index in [0.717, 1.165) is 17.1 Å². The van der Waals surface area contributed by atoms with E-state index in [2.05, 4.69) is 4.98 Å². The molecule has 2 rings (SSSR count). The zero-order chi connectivity index (χ0) is 14.8. The lowest BCUT2D eigenvalue weighted by Gasteiger charge is -2.35. The maximum atomic E-state index is 12.3. The van der Waals surface area contributed by atoms with Crippen LogP contribution in [0.2, 0.25) is 0 Å². The van der Waals surface area contributed by atoms with Gasteiger partial charge >= 0.3 is 6.18 Å². The highest BCUT2D eigenvalue weighted by molar-refractivity contribution is 5.42. The highest BCUT2D eigenvalue weighted by Gasteiger charge is 2.32. The van der Waals surface area contributed by atoms with Crippen molar-refractivity contribution in [3.8, 4) is 0 Å². The average molecular weight is 289 g/mol. The molecule has 0 amide bonds. The Hall–Kier alpha value is -1.34. The number of pyridine rings is 1. The summed E-state index contributed by atoms with van der Waals surface area (Å²) in [4.78, 5) is 7.77. The molecule has 1 fully saturated rings. The fourth-order valence-electron chi connectivity index (χ4n) is 2.31. The van der Waals surface area contributed by atoms with Crippen LogP contribution < -0.4 is 4.90 Å². The number of halogens is 3. The van der Waals surface area contributed by atoms with E-state index >= 15 is 0 Å². The van der Waals surface area contributed by atoms with E-state index in [-0.39, 0.29) is 6.61 Å². The zero-order valence-electron chi connectivity index (χ0n) is 11.3. The molecule has 1 aliphatic rings. The minimum atomic E-state index is -4.14. The Morgan fingerprint density at radius 3 is 2.35 bits per heavy atom. The third-order valence-electron chi connectivity index (χ3n) is 3.45. The van der Waals surface area contributed by atoms with Crippen LogP contribution in [0.15, 0.2) is 12.1 Å². The molecule has 7 heteroatoms. The molecule has 0 spiro atoms. The van der Waals surface area contributed by atoms with Gasteiger partial charge in [-0.1, -0.05) is 6.07 Å². The number of hydrogen-bond acceptors (Lipinski definition) is 4. The summed E-state index contributed by atoms with van der Waals surface area (Å²) in [6.45, 7) is 2.72. The van der Waals surface area contributed by atoms with Crippen LogP contribution in [0.4, 0.5) is 19.0 Å². The molecular formula is C13H18F3N3O. The molecule has 0 radical (unpaired) electrons. The van der Waals surface area contributed by atoms with Crippen molar-refractivity contribution in [1.82, 2.24) is 9.88 Å². The lowest BCUT2D eigenvalue weighted by atomic mass is 10.2. The highest BCUT2D eigenvalue weighted by atomic mass is 19.4. The minimum absolute atomic E-state index is 0.0571. The first-order chi connectivity index (χ1) is 9.39. The Labute approximate surface area is 115 Å². The van der Waals surface area contributed by atoms with Gasteiger partial charge in [0.1, 0.15) is 5.82 Å². The first kappa shape index (κ1) is 15.1. The molecular weight excluding hydrogens is 271 g/mol. The van der Waals surface area contributed by atoms with E-state index < -0.39 is 12.7 Å². The van der Waals surface area contributed by atoms with Crippen LogP contribution in [0.25, 0.3) is 0 Å². The van der Waals surface area contributed by atoms with Gasteiger partial charge in [-0.3, -0.25) is 4.90 Å².